The number of alkyl halides is 3. The third kappa shape index (κ3) is 5.30. The number of anilines is 1. The fourth-order valence-electron chi connectivity index (χ4n) is 3.40. The number of thiol groups is 1. The molecule has 0 bridgehead atoms. The molecule has 3 heterocycles. The number of rotatable bonds is 5. The molecule has 9 nitrogen and oxygen atoms in total. The molecule has 0 spiro atoms. The highest BCUT2D eigenvalue weighted by atomic mass is 32.3. The van der Waals surface area contributed by atoms with Crippen LogP contribution in [-0.4, -0.2) is 55.9 Å². The summed E-state index contributed by atoms with van der Waals surface area (Å²) in [5.41, 5.74) is 3.84. The lowest BCUT2D eigenvalue weighted by molar-refractivity contribution is -0.121. The van der Waals surface area contributed by atoms with E-state index in [-0.39, 0.29) is 28.7 Å². The molecule has 0 aliphatic carbocycles. The van der Waals surface area contributed by atoms with Gasteiger partial charge in [-0.05, 0) is 37.6 Å². The highest BCUT2D eigenvalue weighted by Crippen LogP contribution is 2.35. The summed E-state index contributed by atoms with van der Waals surface area (Å²) in [4.78, 5) is 24.4. The number of amides is 1. The number of halogens is 5. The fourth-order valence-corrected chi connectivity index (χ4v) is 5.79. The topological polar surface area (TPSA) is 126 Å². The van der Waals surface area contributed by atoms with Crippen molar-refractivity contribution in [1.29, 1.82) is 0 Å². The van der Waals surface area contributed by atoms with E-state index in [1.807, 2.05) is 4.72 Å². The first-order chi connectivity index (χ1) is 15.6. The zero-order valence-electron chi connectivity index (χ0n) is 18.2. The SMILES string of the molecule is Cc1cc(F)cnc1C(=O)Nc1ccc(F)c([C@]2(C)C[SH](=O)(NCC(F)(F)F)N(C)C(N)=N2)n1. The summed E-state index contributed by atoms with van der Waals surface area (Å²) in [6.45, 7) is 1.22. The second-order valence-corrected chi connectivity index (χ2v) is 10.5. The number of carbonyl (C=O) groups excluding carboxylic acids is 1. The van der Waals surface area contributed by atoms with Gasteiger partial charge in [0.1, 0.15) is 40.9 Å². The van der Waals surface area contributed by atoms with E-state index in [1.165, 1.54) is 20.9 Å². The Balaban J connectivity index is 1.95. The molecule has 1 atom stereocenters. The summed E-state index contributed by atoms with van der Waals surface area (Å²) in [6.07, 6.45) is -3.80. The summed E-state index contributed by atoms with van der Waals surface area (Å²) in [6, 6.07) is 3.21. The zero-order valence-corrected chi connectivity index (χ0v) is 19.1. The zero-order chi connectivity index (χ0) is 25.5. The maximum Gasteiger partial charge on any atom is 0.402 e. The van der Waals surface area contributed by atoms with Crippen LogP contribution >= 0.6 is 0 Å². The minimum absolute atomic E-state index is 0.0947. The number of carbonyl (C=O) groups is 1. The summed E-state index contributed by atoms with van der Waals surface area (Å²) in [5, 5.41) is 2.40. The van der Waals surface area contributed by atoms with E-state index < -0.39 is 51.9 Å². The Morgan fingerprint density at radius 1 is 1.32 bits per heavy atom. The van der Waals surface area contributed by atoms with Crippen LogP contribution in [0.4, 0.5) is 27.8 Å². The molecule has 2 aromatic rings. The Bertz CT molecular complexity index is 1210. The van der Waals surface area contributed by atoms with Crippen molar-refractivity contribution in [1.82, 2.24) is 19.0 Å². The lowest BCUT2D eigenvalue weighted by atomic mass is 10.00. The van der Waals surface area contributed by atoms with Crippen LogP contribution in [0.1, 0.15) is 28.7 Å². The summed E-state index contributed by atoms with van der Waals surface area (Å²) >= 11 is 0. The van der Waals surface area contributed by atoms with E-state index in [4.69, 9.17) is 5.73 Å². The first-order valence-electron chi connectivity index (χ1n) is 9.74. The molecule has 0 aromatic carbocycles. The molecule has 2 aromatic heterocycles. The van der Waals surface area contributed by atoms with Crippen LogP contribution in [-0.2, 0) is 15.8 Å². The third-order valence-corrected chi connectivity index (χ3v) is 7.95. The van der Waals surface area contributed by atoms with E-state index in [2.05, 4.69) is 20.3 Å². The summed E-state index contributed by atoms with van der Waals surface area (Å²) in [5.74, 6) is -3.37. The monoisotopic (exact) mass is 507 g/mol. The van der Waals surface area contributed by atoms with Crippen molar-refractivity contribution in [3.8, 4) is 0 Å². The Hall–Kier alpha value is -3.20. The molecular formula is C19H22F5N7O2S. The van der Waals surface area contributed by atoms with Gasteiger partial charge in [-0.3, -0.25) is 13.3 Å². The predicted octanol–water partition coefficient (Wildman–Crippen LogP) is 1.79. The lowest BCUT2D eigenvalue weighted by Crippen LogP contribution is -2.60. The molecule has 1 amide bonds. The molecule has 1 aliphatic heterocycles. The smallest absolute Gasteiger partial charge is 0.369 e. The van der Waals surface area contributed by atoms with Gasteiger partial charge in [0.15, 0.2) is 0 Å². The van der Waals surface area contributed by atoms with Gasteiger partial charge in [-0.25, -0.2) is 28.5 Å². The van der Waals surface area contributed by atoms with Crippen molar-refractivity contribution >= 4 is 28.0 Å². The Kier molecular flexibility index (Phi) is 6.63. The first kappa shape index (κ1) is 25.4. The standard InChI is InChI=1S/C19H22F5N7O2S/c1-10-6-11(20)7-26-14(10)16(32)29-13-5-4-12(21)15(28-13)18(2)9-34(33,27-8-19(22,23)24)31(3)17(25)30-18/h4-7,34H,8-9H2,1-3H3,(H2,25,30)(H,27,33)(H,28,29,32)/t18-/m0/s1. The maximum atomic E-state index is 14.8. The van der Waals surface area contributed by atoms with E-state index in [0.717, 1.165) is 28.7 Å². The van der Waals surface area contributed by atoms with E-state index >= 15 is 0 Å². The number of aliphatic imine (C=N–C) groups is 1. The second kappa shape index (κ2) is 8.87. The molecule has 1 aliphatic rings. The Morgan fingerprint density at radius 3 is 2.62 bits per heavy atom. The largest absolute Gasteiger partial charge is 0.402 e. The van der Waals surface area contributed by atoms with Crippen LogP contribution in [0.2, 0.25) is 0 Å². The molecule has 0 saturated heterocycles. The molecular weight excluding hydrogens is 485 g/mol. The number of nitrogens with two attached hydrogens (primary N) is 1. The van der Waals surface area contributed by atoms with Gasteiger partial charge in [-0.1, -0.05) is 0 Å². The minimum Gasteiger partial charge on any atom is -0.369 e. The number of pyridine rings is 2. The fraction of sp³-hybridized carbons (Fsp3) is 0.368. The van der Waals surface area contributed by atoms with Crippen molar-refractivity contribution < 1.29 is 31.0 Å². The van der Waals surface area contributed by atoms with Crippen LogP contribution in [0.15, 0.2) is 29.4 Å². The van der Waals surface area contributed by atoms with Crippen LogP contribution < -0.4 is 15.8 Å². The molecule has 3 rings (SSSR count). The highest BCUT2D eigenvalue weighted by Gasteiger charge is 2.44. The molecule has 0 unspecified atom stereocenters. The van der Waals surface area contributed by atoms with Gasteiger partial charge < -0.3 is 11.1 Å². The number of aryl methyl sites for hydroxylation is 1. The number of hydrogen-bond acceptors (Lipinski definition) is 6. The lowest BCUT2D eigenvalue weighted by Gasteiger charge is -2.44. The number of guanidine groups is 1. The van der Waals surface area contributed by atoms with Crippen molar-refractivity contribution in [2.75, 3.05) is 24.7 Å². The quantitative estimate of drug-likeness (QED) is 0.363. The van der Waals surface area contributed by atoms with Crippen LogP contribution in [0.5, 0.6) is 0 Å². The van der Waals surface area contributed by atoms with Crippen molar-refractivity contribution in [2.24, 2.45) is 10.7 Å². The Morgan fingerprint density at radius 2 is 2.00 bits per heavy atom. The molecule has 4 N–H and O–H groups in total. The maximum absolute atomic E-state index is 14.8. The van der Waals surface area contributed by atoms with Gasteiger partial charge >= 0.3 is 6.18 Å². The molecule has 15 heteroatoms. The highest BCUT2D eigenvalue weighted by molar-refractivity contribution is 7.99. The average molecular weight is 507 g/mol. The van der Waals surface area contributed by atoms with Crippen LogP contribution in [0, 0.1) is 18.6 Å². The van der Waals surface area contributed by atoms with E-state index in [1.54, 1.807) is 0 Å². The number of aromatic nitrogens is 2. The van der Waals surface area contributed by atoms with Gasteiger partial charge in [-0.15, -0.1) is 0 Å². The van der Waals surface area contributed by atoms with Crippen LogP contribution in [0.3, 0.4) is 0 Å². The number of nitrogens with one attached hydrogen (secondary N) is 2. The van der Waals surface area contributed by atoms with Gasteiger partial charge in [0, 0.05) is 17.4 Å². The van der Waals surface area contributed by atoms with Crippen LogP contribution in [0.25, 0.3) is 0 Å². The van der Waals surface area contributed by atoms with Gasteiger partial charge in [0.25, 0.3) is 5.91 Å². The average Bonchev–Trinajstić information content (AvgIpc) is 2.71. The molecule has 0 saturated carbocycles. The van der Waals surface area contributed by atoms with Gasteiger partial charge in [0.05, 0.1) is 11.9 Å². The molecule has 0 radical (unpaired) electrons. The summed E-state index contributed by atoms with van der Waals surface area (Å²) < 4.78 is 82.5. The van der Waals surface area contributed by atoms with Crippen molar-refractivity contribution in [2.45, 2.75) is 25.6 Å². The van der Waals surface area contributed by atoms with E-state index in [0.29, 0.717) is 0 Å². The number of nitrogens with zero attached hydrogens (tertiary/aromatic N) is 4. The Labute approximate surface area is 192 Å². The molecule has 34 heavy (non-hydrogen) atoms. The number of hydrogen-bond donors (Lipinski definition) is 4. The van der Waals surface area contributed by atoms with Gasteiger partial charge in [-0.2, -0.15) is 13.2 Å². The summed E-state index contributed by atoms with van der Waals surface area (Å²) in [7, 11) is -2.79. The predicted molar refractivity (Wildman–Crippen MR) is 116 cm³/mol. The second-order valence-electron chi connectivity index (χ2n) is 7.88. The normalized spacial score (nSPS) is 21.1. The van der Waals surface area contributed by atoms with Crippen molar-refractivity contribution in [3.05, 3.63) is 53.0 Å². The molecule has 186 valence electrons. The van der Waals surface area contributed by atoms with Crippen molar-refractivity contribution in [3.63, 3.8) is 0 Å². The minimum atomic E-state index is -4.65. The van der Waals surface area contributed by atoms with E-state index in [9.17, 15) is 31.0 Å². The molecule has 0 fully saturated rings. The first-order valence-corrected chi connectivity index (χ1v) is 11.6. The van der Waals surface area contributed by atoms with Gasteiger partial charge in [0.2, 0.25) is 5.96 Å². The third-order valence-electron chi connectivity index (χ3n) is 5.08.